The molecule has 2 aromatic carbocycles. The Bertz CT molecular complexity index is 938. The first-order chi connectivity index (χ1) is 11.8. The zero-order valence-corrected chi connectivity index (χ0v) is 14.3. The molecule has 0 fully saturated rings. The number of fused-ring (bicyclic) bond motifs is 1. The Labute approximate surface area is 145 Å². The number of nitro groups is 1. The van der Waals surface area contributed by atoms with Gasteiger partial charge in [-0.15, -0.1) is 0 Å². The van der Waals surface area contributed by atoms with Crippen LogP contribution in [0.3, 0.4) is 0 Å². The van der Waals surface area contributed by atoms with Crippen molar-refractivity contribution in [3.8, 4) is 0 Å². The highest BCUT2D eigenvalue weighted by molar-refractivity contribution is 7.92. The van der Waals surface area contributed by atoms with Gasteiger partial charge in [0, 0.05) is 18.6 Å². The third kappa shape index (κ3) is 3.12. The molecule has 130 valence electrons. The van der Waals surface area contributed by atoms with Crippen molar-refractivity contribution in [1.29, 1.82) is 0 Å². The normalized spacial score (nSPS) is 19.2. The molecule has 0 saturated heterocycles. The van der Waals surface area contributed by atoms with Gasteiger partial charge < -0.3 is 4.90 Å². The first-order valence-corrected chi connectivity index (χ1v) is 9.22. The molecule has 3 rings (SSSR count). The molecule has 1 heterocycles. The van der Waals surface area contributed by atoms with Gasteiger partial charge >= 0.3 is 0 Å². The molecule has 7 nitrogen and oxygen atoms in total. The minimum atomic E-state index is -3.59. The number of benzene rings is 2. The van der Waals surface area contributed by atoms with Crippen LogP contribution in [-0.4, -0.2) is 24.5 Å². The SMILES string of the molecule is C[C@@H]1CC(=O)N(Cc2ccc([N+](=O)[O-])cc2)c2ccccc2S1(=O)=O. The van der Waals surface area contributed by atoms with Crippen LogP contribution < -0.4 is 4.90 Å². The predicted octanol–water partition coefficient (Wildman–Crippen LogP) is 2.69. The summed E-state index contributed by atoms with van der Waals surface area (Å²) in [5, 5.41) is 9.94. The molecule has 0 N–H and O–H groups in total. The van der Waals surface area contributed by atoms with Gasteiger partial charge in [0.05, 0.1) is 27.3 Å². The monoisotopic (exact) mass is 360 g/mol. The van der Waals surface area contributed by atoms with Gasteiger partial charge in [-0.2, -0.15) is 0 Å². The van der Waals surface area contributed by atoms with E-state index in [2.05, 4.69) is 0 Å². The van der Waals surface area contributed by atoms with Crippen molar-refractivity contribution in [3.05, 3.63) is 64.2 Å². The number of sulfone groups is 1. The predicted molar refractivity (Wildman–Crippen MR) is 92.0 cm³/mol. The van der Waals surface area contributed by atoms with Crippen LogP contribution in [0, 0.1) is 10.1 Å². The summed E-state index contributed by atoms with van der Waals surface area (Å²) in [6.45, 7) is 1.68. The first kappa shape index (κ1) is 17.1. The molecule has 0 aromatic heterocycles. The number of hydrogen-bond donors (Lipinski definition) is 0. The lowest BCUT2D eigenvalue weighted by Gasteiger charge is -2.22. The van der Waals surface area contributed by atoms with Gasteiger partial charge in [-0.25, -0.2) is 8.42 Å². The minimum Gasteiger partial charge on any atom is -0.307 e. The highest BCUT2D eigenvalue weighted by atomic mass is 32.2. The number of carbonyl (C=O) groups is 1. The third-order valence-corrected chi connectivity index (χ3v) is 6.43. The summed E-state index contributed by atoms with van der Waals surface area (Å²) in [4.78, 5) is 24.4. The van der Waals surface area contributed by atoms with Gasteiger partial charge in [-0.05, 0) is 24.6 Å². The van der Waals surface area contributed by atoms with Crippen LogP contribution in [0.25, 0.3) is 0 Å². The maximum atomic E-state index is 12.6. The molecule has 0 bridgehead atoms. The quantitative estimate of drug-likeness (QED) is 0.619. The fraction of sp³-hybridized carbons (Fsp3) is 0.235. The van der Waals surface area contributed by atoms with E-state index < -0.39 is 20.0 Å². The molecule has 0 unspecified atom stereocenters. The molecule has 1 aliphatic heterocycles. The van der Waals surface area contributed by atoms with Crippen molar-refractivity contribution >= 4 is 27.1 Å². The van der Waals surface area contributed by atoms with Crippen LogP contribution in [0.4, 0.5) is 11.4 Å². The Balaban J connectivity index is 2.02. The van der Waals surface area contributed by atoms with E-state index in [4.69, 9.17) is 0 Å². The maximum Gasteiger partial charge on any atom is 0.269 e. The highest BCUT2D eigenvalue weighted by Crippen LogP contribution is 2.34. The average Bonchev–Trinajstić information content (AvgIpc) is 2.65. The lowest BCUT2D eigenvalue weighted by Crippen LogP contribution is -2.31. The molecule has 1 amide bonds. The van der Waals surface area contributed by atoms with Crippen LogP contribution in [0.5, 0.6) is 0 Å². The molecule has 2 aromatic rings. The standard InChI is InChI=1S/C17H16N2O5S/c1-12-10-17(20)18(11-13-6-8-14(9-7-13)19(21)22)15-4-2-3-5-16(15)25(12,23)24/h2-9,12H,10-11H2,1H3/t12-/m1/s1. The molecule has 1 atom stereocenters. The van der Waals surface area contributed by atoms with Crippen molar-refractivity contribution in [1.82, 2.24) is 0 Å². The van der Waals surface area contributed by atoms with Crippen molar-refractivity contribution in [2.45, 2.75) is 30.0 Å². The van der Waals surface area contributed by atoms with E-state index in [1.54, 1.807) is 30.3 Å². The van der Waals surface area contributed by atoms with Gasteiger partial charge in [-0.1, -0.05) is 24.3 Å². The second-order valence-electron chi connectivity index (χ2n) is 5.93. The van der Waals surface area contributed by atoms with Crippen LogP contribution in [0.15, 0.2) is 53.4 Å². The van der Waals surface area contributed by atoms with E-state index in [0.29, 0.717) is 11.3 Å². The van der Waals surface area contributed by atoms with E-state index in [9.17, 15) is 23.3 Å². The van der Waals surface area contributed by atoms with E-state index in [1.807, 2.05) is 0 Å². The molecule has 0 radical (unpaired) electrons. The zero-order valence-electron chi connectivity index (χ0n) is 13.5. The van der Waals surface area contributed by atoms with Crippen molar-refractivity contribution < 1.29 is 18.1 Å². The molecule has 1 aliphatic rings. The van der Waals surface area contributed by atoms with Gasteiger partial charge in [-0.3, -0.25) is 14.9 Å². The molecule has 0 saturated carbocycles. The van der Waals surface area contributed by atoms with Crippen LogP contribution in [0.1, 0.15) is 18.9 Å². The van der Waals surface area contributed by atoms with E-state index in [0.717, 1.165) is 0 Å². The summed E-state index contributed by atoms with van der Waals surface area (Å²) in [5.74, 6) is -0.292. The van der Waals surface area contributed by atoms with Gasteiger partial charge in [0.1, 0.15) is 0 Å². The van der Waals surface area contributed by atoms with Gasteiger partial charge in [0.15, 0.2) is 9.84 Å². The molecule has 25 heavy (non-hydrogen) atoms. The van der Waals surface area contributed by atoms with Crippen LogP contribution in [-0.2, 0) is 21.2 Å². The first-order valence-electron chi connectivity index (χ1n) is 7.67. The van der Waals surface area contributed by atoms with E-state index >= 15 is 0 Å². The molecule has 0 aliphatic carbocycles. The number of nitro benzene ring substituents is 1. The lowest BCUT2D eigenvalue weighted by molar-refractivity contribution is -0.384. The second kappa shape index (κ2) is 6.29. The second-order valence-corrected chi connectivity index (χ2v) is 8.27. The van der Waals surface area contributed by atoms with Crippen molar-refractivity contribution in [3.63, 3.8) is 0 Å². The fourth-order valence-electron chi connectivity index (χ4n) is 2.82. The smallest absolute Gasteiger partial charge is 0.269 e. The van der Waals surface area contributed by atoms with Crippen molar-refractivity contribution in [2.24, 2.45) is 0 Å². The zero-order chi connectivity index (χ0) is 18.2. The number of nitrogens with zero attached hydrogens (tertiary/aromatic N) is 2. The average molecular weight is 360 g/mol. The van der Waals surface area contributed by atoms with Gasteiger partial charge in [0.25, 0.3) is 5.69 Å². The summed E-state index contributed by atoms with van der Waals surface area (Å²) < 4.78 is 25.3. The minimum absolute atomic E-state index is 0.0393. The summed E-state index contributed by atoms with van der Waals surface area (Å²) in [5.41, 5.74) is 0.985. The van der Waals surface area contributed by atoms with E-state index in [1.165, 1.54) is 30.0 Å². The van der Waals surface area contributed by atoms with Crippen LogP contribution >= 0.6 is 0 Å². The Kier molecular flexibility index (Phi) is 4.30. The Morgan fingerprint density at radius 3 is 2.44 bits per heavy atom. The summed E-state index contributed by atoms with van der Waals surface area (Å²) in [6, 6.07) is 12.3. The number of anilines is 1. The molecular formula is C17H16N2O5S. The molecular weight excluding hydrogens is 344 g/mol. The van der Waals surface area contributed by atoms with Crippen molar-refractivity contribution in [2.75, 3.05) is 4.90 Å². The fourth-order valence-corrected chi connectivity index (χ4v) is 4.35. The number of non-ortho nitro benzene ring substituents is 1. The summed E-state index contributed by atoms with van der Waals surface area (Å²) in [7, 11) is -3.59. The summed E-state index contributed by atoms with van der Waals surface area (Å²) >= 11 is 0. The van der Waals surface area contributed by atoms with Crippen LogP contribution in [0.2, 0.25) is 0 Å². The Morgan fingerprint density at radius 2 is 1.80 bits per heavy atom. The summed E-state index contributed by atoms with van der Waals surface area (Å²) in [6.07, 6.45) is -0.107. The number of para-hydroxylation sites is 1. The van der Waals surface area contributed by atoms with Gasteiger partial charge in [0.2, 0.25) is 5.91 Å². The Hall–Kier alpha value is -2.74. The molecule has 0 spiro atoms. The maximum absolute atomic E-state index is 12.6. The third-order valence-electron chi connectivity index (χ3n) is 4.24. The number of carbonyl (C=O) groups excluding carboxylic acids is 1. The number of rotatable bonds is 3. The lowest BCUT2D eigenvalue weighted by atomic mass is 10.1. The number of hydrogen-bond acceptors (Lipinski definition) is 5. The molecule has 8 heteroatoms. The topological polar surface area (TPSA) is 97.6 Å². The Morgan fingerprint density at radius 1 is 1.16 bits per heavy atom. The van der Waals surface area contributed by atoms with E-state index in [-0.39, 0.29) is 29.5 Å². The number of amides is 1. The highest BCUT2D eigenvalue weighted by Gasteiger charge is 2.35. The largest absolute Gasteiger partial charge is 0.307 e.